The topological polar surface area (TPSA) is 78.4 Å². The molecule has 1 unspecified atom stereocenters. The van der Waals surface area contributed by atoms with Crippen LogP contribution >= 0.6 is 47.0 Å². The monoisotopic (exact) mass is 520 g/mol. The van der Waals surface area contributed by atoms with Gasteiger partial charge in [-0.3, -0.25) is 4.79 Å². The third kappa shape index (κ3) is 6.24. The van der Waals surface area contributed by atoms with Gasteiger partial charge in [-0.2, -0.15) is 0 Å². The van der Waals surface area contributed by atoms with Gasteiger partial charge < -0.3 is 15.7 Å². The molecule has 33 heavy (non-hydrogen) atoms. The summed E-state index contributed by atoms with van der Waals surface area (Å²) in [5, 5.41) is 16.3. The summed E-state index contributed by atoms with van der Waals surface area (Å²) in [4.78, 5) is 24.6. The van der Waals surface area contributed by atoms with Crippen molar-refractivity contribution in [3.05, 3.63) is 98.0 Å². The number of hydrogen-bond donors (Lipinski definition) is 3. The van der Waals surface area contributed by atoms with Crippen molar-refractivity contribution in [3.8, 4) is 0 Å². The highest BCUT2D eigenvalue weighted by Gasteiger charge is 2.21. The van der Waals surface area contributed by atoms with Gasteiger partial charge in [-0.05, 0) is 48.4 Å². The Morgan fingerprint density at radius 1 is 0.909 bits per heavy atom. The van der Waals surface area contributed by atoms with Crippen LogP contribution in [0.4, 0.5) is 5.69 Å². The zero-order valence-corrected chi connectivity index (χ0v) is 20.4. The van der Waals surface area contributed by atoms with Crippen LogP contribution in [0.5, 0.6) is 0 Å². The number of hydrogen-bond acceptors (Lipinski definition) is 3. The molecule has 0 saturated heterocycles. The Hall–Kier alpha value is -2.64. The first-order chi connectivity index (χ1) is 15.7. The number of carboxylic acid groups (broad SMARTS) is 1. The van der Waals surface area contributed by atoms with Crippen LogP contribution in [-0.4, -0.2) is 28.0 Å². The highest BCUT2D eigenvalue weighted by molar-refractivity contribution is 7.80. The summed E-state index contributed by atoms with van der Waals surface area (Å²) in [5.74, 6) is -1.49. The van der Waals surface area contributed by atoms with Gasteiger partial charge in [0.2, 0.25) is 0 Å². The third-order valence-electron chi connectivity index (χ3n) is 4.89. The van der Waals surface area contributed by atoms with E-state index < -0.39 is 17.9 Å². The maximum absolute atomic E-state index is 12.5. The highest BCUT2D eigenvalue weighted by Crippen LogP contribution is 2.25. The Bertz CT molecular complexity index is 1180. The minimum Gasteiger partial charge on any atom is -0.480 e. The lowest BCUT2D eigenvalue weighted by molar-refractivity contribution is -0.139. The van der Waals surface area contributed by atoms with E-state index in [0.717, 1.165) is 11.1 Å². The van der Waals surface area contributed by atoms with Gasteiger partial charge in [0, 0.05) is 17.7 Å². The van der Waals surface area contributed by atoms with E-state index in [1.54, 1.807) is 54.6 Å². The minimum absolute atomic E-state index is 0.170. The van der Waals surface area contributed by atoms with Crippen LogP contribution in [0.2, 0.25) is 15.1 Å². The van der Waals surface area contributed by atoms with Crippen molar-refractivity contribution in [1.82, 2.24) is 5.32 Å². The Morgan fingerprint density at radius 3 is 2.00 bits per heavy atom. The Morgan fingerprint density at radius 2 is 1.45 bits per heavy atom. The van der Waals surface area contributed by atoms with E-state index in [1.807, 2.05) is 13.0 Å². The first-order valence-electron chi connectivity index (χ1n) is 9.80. The molecule has 3 rings (SSSR count). The highest BCUT2D eigenvalue weighted by atomic mass is 35.5. The normalized spacial score (nSPS) is 11.5. The quantitative estimate of drug-likeness (QED) is 0.324. The van der Waals surface area contributed by atoms with E-state index in [2.05, 4.69) is 10.6 Å². The predicted octanol–water partition coefficient (Wildman–Crippen LogP) is 6.17. The van der Waals surface area contributed by atoms with Crippen molar-refractivity contribution in [3.63, 3.8) is 0 Å². The number of carbonyl (C=O) groups excluding carboxylic acids is 1. The van der Waals surface area contributed by atoms with Crippen LogP contribution < -0.4 is 10.6 Å². The molecule has 0 aliphatic heterocycles. The van der Waals surface area contributed by atoms with Gasteiger partial charge >= 0.3 is 5.97 Å². The van der Waals surface area contributed by atoms with Crippen molar-refractivity contribution in [2.45, 2.75) is 19.4 Å². The van der Waals surface area contributed by atoms with Crippen LogP contribution in [0.15, 0.2) is 60.7 Å². The number of rotatable bonds is 7. The summed E-state index contributed by atoms with van der Waals surface area (Å²) < 4.78 is 0. The molecule has 0 fully saturated rings. The lowest BCUT2D eigenvalue weighted by atomic mass is 10.0. The molecule has 0 aliphatic rings. The lowest BCUT2D eigenvalue weighted by Crippen LogP contribution is -2.42. The van der Waals surface area contributed by atoms with Crippen molar-refractivity contribution >= 4 is 69.6 Å². The molecular weight excluding hydrogens is 503 g/mol. The fourth-order valence-corrected chi connectivity index (χ4v) is 4.57. The maximum Gasteiger partial charge on any atom is 0.326 e. The number of amides is 1. The summed E-state index contributed by atoms with van der Waals surface area (Å²) in [6.45, 7) is 1.85. The first-order valence-corrected chi connectivity index (χ1v) is 11.3. The molecule has 9 heteroatoms. The molecule has 3 aromatic rings. The molecule has 170 valence electrons. The second-order valence-corrected chi connectivity index (χ2v) is 8.88. The van der Waals surface area contributed by atoms with Crippen LogP contribution in [-0.2, 0) is 11.2 Å². The number of thiocarbonyl (C=S) groups is 1. The zero-order chi connectivity index (χ0) is 24.1. The number of halogens is 3. The van der Waals surface area contributed by atoms with Gasteiger partial charge in [0.25, 0.3) is 5.91 Å². The van der Waals surface area contributed by atoms with Crippen LogP contribution in [0.3, 0.4) is 0 Å². The summed E-state index contributed by atoms with van der Waals surface area (Å²) in [6.07, 6.45) is 0.170. The van der Waals surface area contributed by atoms with E-state index in [9.17, 15) is 14.7 Å². The van der Waals surface area contributed by atoms with Crippen molar-refractivity contribution in [1.29, 1.82) is 0 Å². The Kier molecular flexibility index (Phi) is 8.32. The molecular formula is C24H19Cl3N2O3S. The number of carbonyl (C=O) groups is 2. The number of anilines is 1. The largest absolute Gasteiger partial charge is 0.480 e. The Labute approximate surface area is 211 Å². The Balaban J connectivity index is 1.70. The molecule has 0 spiro atoms. The van der Waals surface area contributed by atoms with E-state index >= 15 is 0 Å². The molecule has 3 N–H and O–H groups in total. The number of aryl methyl sites for hydroxylation is 1. The maximum atomic E-state index is 12.5. The number of aliphatic carboxylic acids is 1. The predicted molar refractivity (Wildman–Crippen MR) is 137 cm³/mol. The second-order valence-electron chi connectivity index (χ2n) is 7.25. The number of carboxylic acids is 1. The number of benzene rings is 3. The minimum atomic E-state index is -1.05. The molecule has 0 saturated carbocycles. The average molecular weight is 522 g/mol. The SMILES string of the molecule is Cc1cccc(Cl)c1C(=S)NC(Cc1ccc(NC(=O)c2c(Cl)cccc2Cl)cc1)C(=O)O. The fourth-order valence-electron chi connectivity index (χ4n) is 3.22. The lowest BCUT2D eigenvalue weighted by Gasteiger charge is -2.18. The standard InChI is InChI=1S/C24H19Cl3N2O3S/c1-13-4-2-5-16(25)20(13)23(33)29-19(24(31)32)12-14-8-10-15(11-9-14)28-22(30)21-17(26)6-3-7-18(21)27/h2-11,19H,12H2,1H3,(H,28,30)(H,29,33)(H,31,32). The van der Waals surface area contributed by atoms with Crippen LogP contribution in [0, 0.1) is 6.92 Å². The van der Waals surface area contributed by atoms with E-state index in [-0.39, 0.29) is 27.0 Å². The summed E-state index contributed by atoms with van der Waals surface area (Å²) in [7, 11) is 0. The molecule has 0 aromatic heterocycles. The van der Waals surface area contributed by atoms with Crippen molar-refractivity contribution < 1.29 is 14.7 Å². The van der Waals surface area contributed by atoms with Gasteiger partial charge in [0.1, 0.15) is 11.0 Å². The van der Waals surface area contributed by atoms with Crippen molar-refractivity contribution in [2.24, 2.45) is 0 Å². The van der Waals surface area contributed by atoms with Crippen LogP contribution in [0.25, 0.3) is 0 Å². The summed E-state index contributed by atoms with van der Waals surface area (Å²) >= 11 is 23.8. The molecule has 1 amide bonds. The average Bonchev–Trinajstić information content (AvgIpc) is 2.74. The molecule has 0 heterocycles. The summed E-state index contributed by atoms with van der Waals surface area (Å²) in [6, 6.07) is 16.0. The zero-order valence-electron chi connectivity index (χ0n) is 17.4. The molecule has 3 aromatic carbocycles. The van der Waals surface area contributed by atoms with E-state index in [4.69, 9.17) is 47.0 Å². The molecule has 0 radical (unpaired) electrons. The van der Waals surface area contributed by atoms with Gasteiger partial charge in [0.15, 0.2) is 0 Å². The van der Waals surface area contributed by atoms with Gasteiger partial charge in [-0.15, -0.1) is 0 Å². The molecule has 0 bridgehead atoms. The van der Waals surface area contributed by atoms with Gasteiger partial charge in [-0.25, -0.2) is 4.79 Å². The third-order valence-corrected chi connectivity index (χ3v) is 6.16. The second kappa shape index (κ2) is 11.0. The smallest absolute Gasteiger partial charge is 0.326 e. The van der Waals surface area contributed by atoms with Gasteiger partial charge in [-0.1, -0.05) is 77.4 Å². The van der Waals surface area contributed by atoms with E-state index in [0.29, 0.717) is 16.3 Å². The first kappa shape index (κ1) is 25.0. The molecule has 1 atom stereocenters. The fraction of sp³-hybridized carbons (Fsp3) is 0.125. The van der Waals surface area contributed by atoms with Crippen LogP contribution in [0.1, 0.15) is 27.0 Å². The van der Waals surface area contributed by atoms with E-state index in [1.165, 1.54) is 0 Å². The molecule has 0 aliphatic carbocycles. The summed E-state index contributed by atoms with van der Waals surface area (Å²) in [5.41, 5.74) is 2.90. The number of nitrogens with one attached hydrogen (secondary N) is 2. The molecule has 5 nitrogen and oxygen atoms in total. The van der Waals surface area contributed by atoms with Crippen molar-refractivity contribution in [2.75, 3.05) is 5.32 Å². The van der Waals surface area contributed by atoms with Gasteiger partial charge in [0.05, 0.1) is 20.6 Å².